The molecule has 0 bridgehead atoms. The van der Waals surface area contributed by atoms with Gasteiger partial charge in [0.05, 0.1) is 46.4 Å². The molecule has 236 valence electrons. The number of carbonyl (C=O) groups is 2. The number of amides is 2. The molecule has 0 radical (unpaired) electrons. The second kappa shape index (κ2) is 15.5. The van der Waals surface area contributed by atoms with Gasteiger partial charge in [-0.1, -0.05) is 85.5 Å². The van der Waals surface area contributed by atoms with Crippen LogP contribution in [0.25, 0.3) is 0 Å². The van der Waals surface area contributed by atoms with E-state index in [0.717, 1.165) is 41.8 Å². The molecule has 0 heterocycles. The maximum atomic E-state index is 13.8. The minimum absolute atomic E-state index is 0.0494. The lowest BCUT2D eigenvalue weighted by Gasteiger charge is -2.29. The Morgan fingerprint density at radius 3 is 2.20 bits per heavy atom. The second-order valence-electron chi connectivity index (χ2n) is 11.3. The zero-order chi connectivity index (χ0) is 31.7. The molecule has 11 heteroatoms. The summed E-state index contributed by atoms with van der Waals surface area (Å²) < 4.78 is 27.1. The molecule has 0 aromatic heterocycles. The zero-order valence-corrected chi connectivity index (χ0v) is 26.7. The normalized spacial score (nSPS) is 16.0. The second-order valence-corrected chi connectivity index (χ2v) is 13.5. The summed E-state index contributed by atoms with van der Waals surface area (Å²) in [5.41, 5.74) is 1.32. The van der Waals surface area contributed by atoms with Crippen LogP contribution in [0.2, 0.25) is 5.02 Å². The minimum atomic E-state index is -3.91. The number of halogens is 1. The molecule has 0 unspecified atom stereocenters. The number of anilines is 2. The Bertz CT molecular complexity index is 1520. The van der Waals surface area contributed by atoms with Crippen molar-refractivity contribution in [3.05, 3.63) is 95.0 Å². The summed E-state index contributed by atoms with van der Waals surface area (Å²) in [5.74, 6) is -0.688. The van der Waals surface area contributed by atoms with E-state index in [1.165, 1.54) is 18.6 Å². The third kappa shape index (κ3) is 9.04. The van der Waals surface area contributed by atoms with E-state index in [2.05, 4.69) is 16.0 Å². The van der Waals surface area contributed by atoms with Crippen molar-refractivity contribution in [1.82, 2.24) is 16.0 Å². The van der Waals surface area contributed by atoms with Crippen LogP contribution in [0.3, 0.4) is 0 Å². The molecule has 4 N–H and O–H groups in total. The van der Waals surface area contributed by atoms with Gasteiger partial charge < -0.3 is 21.1 Å². The first-order valence-corrected chi connectivity index (χ1v) is 17.2. The van der Waals surface area contributed by atoms with Gasteiger partial charge in [0.2, 0.25) is 15.9 Å². The number of aliphatic hydroxyl groups excluding tert-OH is 1. The SMILES string of the molecule is C[C@H](NC[C@@H](O)[C@H](Cc1ccccc1)NC(=O)c1ccccc1N(c1ccccc1Cl)S(C)(=O)=O)C(=O)NC1CCCCC1. The summed E-state index contributed by atoms with van der Waals surface area (Å²) in [5, 5.41) is 20.7. The molecule has 44 heavy (non-hydrogen) atoms. The van der Waals surface area contributed by atoms with Gasteiger partial charge >= 0.3 is 0 Å². The molecule has 4 rings (SSSR count). The van der Waals surface area contributed by atoms with E-state index < -0.39 is 34.1 Å². The number of benzene rings is 3. The van der Waals surface area contributed by atoms with Gasteiger partial charge in [-0.05, 0) is 56.0 Å². The molecule has 0 saturated heterocycles. The van der Waals surface area contributed by atoms with E-state index in [1.54, 1.807) is 43.3 Å². The number of para-hydroxylation sites is 2. The lowest BCUT2D eigenvalue weighted by atomic mass is 9.95. The van der Waals surface area contributed by atoms with Crippen molar-refractivity contribution in [3.63, 3.8) is 0 Å². The summed E-state index contributed by atoms with van der Waals surface area (Å²) in [6.45, 7) is 1.80. The smallest absolute Gasteiger partial charge is 0.253 e. The number of rotatable bonds is 13. The fraction of sp³-hybridized carbons (Fsp3) is 0.394. The standard InChI is InChI=1S/C33H41ClN4O5S/c1-23(32(40)36-25-15-7-4-8-16-25)35-22-31(39)28(21-24-13-5-3-6-14-24)37-33(41)26-17-9-11-19-29(26)38(44(2,42)43)30-20-12-10-18-27(30)34/h3,5-6,9-14,17-20,23,25,28,31,35,39H,4,7-8,15-16,21-22H2,1-2H3,(H,36,40)(H,37,41)/t23-,28-,31+/m0/s1. The van der Waals surface area contributed by atoms with E-state index >= 15 is 0 Å². The van der Waals surface area contributed by atoms with Gasteiger partial charge in [0.15, 0.2) is 0 Å². The molecule has 0 spiro atoms. The quantitative estimate of drug-likeness (QED) is 0.217. The maximum Gasteiger partial charge on any atom is 0.253 e. The fourth-order valence-corrected chi connectivity index (χ4v) is 6.75. The van der Waals surface area contributed by atoms with E-state index in [1.807, 2.05) is 30.3 Å². The van der Waals surface area contributed by atoms with Crippen molar-refractivity contribution >= 4 is 44.8 Å². The van der Waals surface area contributed by atoms with Crippen LogP contribution >= 0.6 is 11.6 Å². The van der Waals surface area contributed by atoms with E-state index in [4.69, 9.17) is 11.6 Å². The minimum Gasteiger partial charge on any atom is -0.390 e. The molecule has 1 fully saturated rings. The van der Waals surface area contributed by atoms with Crippen molar-refractivity contribution in [3.8, 4) is 0 Å². The van der Waals surface area contributed by atoms with Crippen LogP contribution in [-0.2, 0) is 21.2 Å². The van der Waals surface area contributed by atoms with E-state index in [-0.39, 0.29) is 40.5 Å². The largest absolute Gasteiger partial charge is 0.390 e. The number of hydrogen-bond donors (Lipinski definition) is 4. The maximum absolute atomic E-state index is 13.8. The number of nitrogens with one attached hydrogen (secondary N) is 3. The molecule has 9 nitrogen and oxygen atoms in total. The third-order valence-corrected chi connectivity index (χ3v) is 9.20. The van der Waals surface area contributed by atoms with Crippen molar-refractivity contribution in [2.45, 2.75) is 69.7 Å². The predicted octanol–water partition coefficient (Wildman–Crippen LogP) is 4.57. The highest BCUT2D eigenvalue weighted by molar-refractivity contribution is 7.92. The van der Waals surface area contributed by atoms with Crippen molar-refractivity contribution < 1.29 is 23.1 Å². The topological polar surface area (TPSA) is 128 Å². The van der Waals surface area contributed by atoms with Gasteiger partial charge in [0.25, 0.3) is 5.91 Å². The molecule has 3 aromatic carbocycles. The average molecular weight is 641 g/mol. The summed E-state index contributed by atoms with van der Waals surface area (Å²) in [4.78, 5) is 26.6. The molecule has 1 aliphatic carbocycles. The number of nitrogens with zero attached hydrogens (tertiary/aromatic N) is 1. The van der Waals surface area contributed by atoms with Gasteiger partial charge in [-0.3, -0.25) is 9.59 Å². The van der Waals surface area contributed by atoms with Crippen LogP contribution in [-0.4, -0.2) is 62.4 Å². The first-order valence-electron chi connectivity index (χ1n) is 14.9. The van der Waals surface area contributed by atoms with Crippen LogP contribution in [0.15, 0.2) is 78.9 Å². The molecular formula is C33H41ClN4O5S. The molecule has 3 aromatic rings. The van der Waals surface area contributed by atoms with Crippen LogP contribution in [0.5, 0.6) is 0 Å². The molecule has 1 saturated carbocycles. The zero-order valence-electron chi connectivity index (χ0n) is 25.1. The molecule has 1 aliphatic rings. The Morgan fingerprint density at radius 1 is 0.932 bits per heavy atom. The van der Waals surface area contributed by atoms with Gasteiger partial charge in [-0.15, -0.1) is 0 Å². The summed E-state index contributed by atoms with van der Waals surface area (Å²) >= 11 is 6.38. The van der Waals surface area contributed by atoms with Gasteiger partial charge in [-0.25, -0.2) is 12.7 Å². The van der Waals surface area contributed by atoms with E-state index in [9.17, 15) is 23.1 Å². The first kappa shape index (κ1) is 33.5. The molecule has 2 amide bonds. The Morgan fingerprint density at radius 2 is 1.55 bits per heavy atom. The van der Waals surface area contributed by atoms with Crippen LogP contribution in [0, 0.1) is 0 Å². The average Bonchev–Trinajstić information content (AvgIpc) is 3.01. The van der Waals surface area contributed by atoms with Crippen molar-refractivity contribution in [2.75, 3.05) is 17.1 Å². The van der Waals surface area contributed by atoms with Crippen molar-refractivity contribution in [1.29, 1.82) is 0 Å². The summed E-state index contributed by atoms with van der Waals surface area (Å²) in [6.07, 6.45) is 5.64. The highest BCUT2D eigenvalue weighted by atomic mass is 35.5. The Balaban J connectivity index is 1.54. The Hall–Kier alpha value is -3.44. The lowest BCUT2D eigenvalue weighted by Crippen LogP contribution is -2.53. The Labute approximate surface area is 265 Å². The van der Waals surface area contributed by atoms with Gasteiger partial charge in [0.1, 0.15) is 0 Å². The van der Waals surface area contributed by atoms with Crippen molar-refractivity contribution in [2.24, 2.45) is 0 Å². The number of sulfonamides is 1. The highest BCUT2D eigenvalue weighted by Gasteiger charge is 2.29. The fourth-order valence-electron chi connectivity index (χ4n) is 5.45. The number of carbonyl (C=O) groups excluding carboxylic acids is 2. The molecule has 0 aliphatic heterocycles. The summed E-state index contributed by atoms with van der Waals surface area (Å²) in [7, 11) is -3.91. The third-order valence-electron chi connectivity index (χ3n) is 7.83. The first-order chi connectivity index (χ1) is 21.0. The number of aliphatic hydroxyl groups is 1. The van der Waals surface area contributed by atoms with Gasteiger partial charge in [-0.2, -0.15) is 0 Å². The van der Waals surface area contributed by atoms with Crippen LogP contribution in [0.1, 0.15) is 54.9 Å². The van der Waals surface area contributed by atoms with E-state index in [0.29, 0.717) is 6.42 Å². The molecular weight excluding hydrogens is 600 g/mol. The van der Waals surface area contributed by atoms with Crippen LogP contribution in [0.4, 0.5) is 11.4 Å². The predicted molar refractivity (Wildman–Crippen MR) is 175 cm³/mol. The highest BCUT2D eigenvalue weighted by Crippen LogP contribution is 2.36. The van der Waals surface area contributed by atoms with Gasteiger partial charge in [0, 0.05) is 12.6 Å². The van der Waals surface area contributed by atoms with Crippen LogP contribution < -0.4 is 20.3 Å². The summed E-state index contributed by atoms with van der Waals surface area (Å²) in [6, 6.07) is 21.1. The monoisotopic (exact) mass is 640 g/mol. The lowest BCUT2D eigenvalue weighted by molar-refractivity contribution is -0.123. The number of hydrogen-bond acceptors (Lipinski definition) is 6. The Kier molecular flexibility index (Phi) is 11.8. The molecule has 3 atom stereocenters.